The van der Waals surface area contributed by atoms with Crippen LogP contribution in [0.4, 0.5) is 9.52 Å². The van der Waals surface area contributed by atoms with E-state index in [1.165, 1.54) is 6.07 Å². The molecular weight excluding hydrogens is 335 g/mol. The maximum atomic E-state index is 13.9. The van der Waals surface area contributed by atoms with Crippen molar-refractivity contribution in [2.45, 2.75) is 26.3 Å². The van der Waals surface area contributed by atoms with Gasteiger partial charge in [-0.05, 0) is 18.6 Å². The van der Waals surface area contributed by atoms with Gasteiger partial charge in [0.25, 0.3) is 0 Å². The molecule has 4 nitrogen and oxygen atoms in total. The first-order valence-electron chi connectivity index (χ1n) is 7.90. The lowest BCUT2D eigenvalue weighted by molar-refractivity contribution is 0.246. The highest BCUT2D eigenvalue weighted by Gasteiger charge is 2.21. The topological polar surface area (TPSA) is 32.3 Å². The zero-order valence-corrected chi connectivity index (χ0v) is 14.7. The number of hydrogen-bond donors (Lipinski definition) is 0. The molecule has 7 heteroatoms. The molecule has 0 spiro atoms. The van der Waals surface area contributed by atoms with Crippen molar-refractivity contribution < 1.29 is 4.39 Å². The van der Waals surface area contributed by atoms with Crippen LogP contribution < -0.4 is 4.90 Å². The van der Waals surface area contributed by atoms with Crippen LogP contribution in [0.3, 0.4) is 0 Å². The molecule has 0 radical (unpaired) electrons. The van der Waals surface area contributed by atoms with Gasteiger partial charge in [0, 0.05) is 49.7 Å². The van der Waals surface area contributed by atoms with Gasteiger partial charge in [-0.2, -0.15) is 0 Å². The van der Waals surface area contributed by atoms with Gasteiger partial charge in [-0.3, -0.25) is 4.90 Å². The van der Waals surface area contributed by atoms with E-state index in [-0.39, 0.29) is 5.82 Å². The van der Waals surface area contributed by atoms with Gasteiger partial charge in [-0.25, -0.2) is 4.39 Å². The number of nitrogens with zero attached hydrogens (tertiary/aromatic N) is 4. The fraction of sp³-hybridized carbons (Fsp3) is 0.500. The van der Waals surface area contributed by atoms with Crippen molar-refractivity contribution in [3.8, 4) is 0 Å². The number of hydrogen-bond acceptors (Lipinski definition) is 5. The average Bonchev–Trinajstić information content (AvgIpc) is 3.01. The Morgan fingerprint density at radius 2 is 2.00 bits per heavy atom. The molecule has 1 aliphatic heterocycles. The highest BCUT2D eigenvalue weighted by atomic mass is 35.5. The summed E-state index contributed by atoms with van der Waals surface area (Å²) in [6.07, 6.45) is 2.08. The molecule has 23 heavy (non-hydrogen) atoms. The molecule has 0 bridgehead atoms. The molecule has 1 aliphatic rings. The van der Waals surface area contributed by atoms with E-state index in [9.17, 15) is 4.39 Å². The second-order valence-corrected chi connectivity index (χ2v) is 7.14. The maximum Gasteiger partial charge on any atom is 0.208 e. The van der Waals surface area contributed by atoms with E-state index in [0.717, 1.165) is 49.2 Å². The van der Waals surface area contributed by atoms with Crippen molar-refractivity contribution in [1.82, 2.24) is 15.1 Å². The lowest BCUT2D eigenvalue weighted by Gasteiger charge is -2.34. The van der Waals surface area contributed by atoms with E-state index >= 15 is 0 Å². The summed E-state index contributed by atoms with van der Waals surface area (Å²) in [6, 6.07) is 4.85. The third-order valence-corrected chi connectivity index (χ3v) is 5.40. The molecule has 0 unspecified atom stereocenters. The van der Waals surface area contributed by atoms with Crippen LogP contribution in [0.2, 0.25) is 5.02 Å². The lowest BCUT2D eigenvalue weighted by Crippen LogP contribution is -2.46. The van der Waals surface area contributed by atoms with E-state index in [0.29, 0.717) is 17.1 Å². The quantitative estimate of drug-likeness (QED) is 0.821. The molecule has 0 saturated carbocycles. The van der Waals surface area contributed by atoms with Crippen molar-refractivity contribution in [2.75, 3.05) is 31.1 Å². The number of aryl methyl sites for hydroxylation is 1. The van der Waals surface area contributed by atoms with Crippen LogP contribution in [-0.4, -0.2) is 41.3 Å². The predicted molar refractivity (Wildman–Crippen MR) is 92.8 cm³/mol. The molecule has 0 N–H and O–H groups in total. The zero-order valence-electron chi connectivity index (χ0n) is 13.1. The van der Waals surface area contributed by atoms with Gasteiger partial charge in [0.05, 0.1) is 0 Å². The molecule has 0 atom stereocenters. The average molecular weight is 355 g/mol. The standard InChI is InChI=1S/C16H20ClFN4S/c1-2-4-15-19-20-16(23-15)22-9-7-21(8-10-22)11-12-13(17)5-3-6-14(12)18/h3,5-6H,2,4,7-11H2,1H3. The minimum atomic E-state index is -0.228. The number of halogens is 2. The normalized spacial score (nSPS) is 16.0. The summed E-state index contributed by atoms with van der Waals surface area (Å²) in [4.78, 5) is 4.49. The van der Waals surface area contributed by atoms with E-state index in [2.05, 4.69) is 26.9 Å². The fourth-order valence-electron chi connectivity index (χ4n) is 2.69. The summed E-state index contributed by atoms with van der Waals surface area (Å²) < 4.78 is 13.9. The maximum absolute atomic E-state index is 13.9. The molecular formula is C16H20ClFN4S. The Morgan fingerprint density at radius 1 is 1.22 bits per heavy atom. The van der Waals surface area contributed by atoms with Crippen LogP contribution >= 0.6 is 22.9 Å². The van der Waals surface area contributed by atoms with Crippen molar-refractivity contribution >= 4 is 28.1 Å². The molecule has 3 rings (SSSR count). The lowest BCUT2D eigenvalue weighted by atomic mass is 10.2. The molecule has 0 aliphatic carbocycles. The minimum Gasteiger partial charge on any atom is -0.344 e. The number of benzene rings is 1. The Morgan fingerprint density at radius 3 is 2.70 bits per heavy atom. The number of rotatable bonds is 5. The van der Waals surface area contributed by atoms with Gasteiger partial charge in [0.1, 0.15) is 10.8 Å². The second kappa shape index (κ2) is 7.55. The summed E-state index contributed by atoms with van der Waals surface area (Å²) in [5.74, 6) is -0.228. The van der Waals surface area contributed by atoms with Gasteiger partial charge < -0.3 is 4.90 Å². The summed E-state index contributed by atoms with van der Waals surface area (Å²) in [5, 5.41) is 11.1. The van der Waals surface area contributed by atoms with Crippen LogP contribution in [0.15, 0.2) is 18.2 Å². The molecule has 1 aromatic heterocycles. The van der Waals surface area contributed by atoms with Crippen LogP contribution in [-0.2, 0) is 13.0 Å². The summed E-state index contributed by atoms with van der Waals surface area (Å²) in [7, 11) is 0. The Hall–Kier alpha value is -1.24. The van der Waals surface area contributed by atoms with Crippen molar-refractivity contribution in [2.24, 2.45) is 0 Å². The highest BCUT2D eigenvalue weighted by molar-refractivity contribution is 7.15. The zero-order chi connectivity index (χ0) is 16.2. The SMILES string of the molecule is CCCc1nnc(N2CCN(Cc3c(F)cccc3Cl)CC2)s1. The number of aromatic nitrogens is 2. The highest BCUT2D eigenvalue weighted by Crippen LogP contribution is 2.24. The van der Waals surface area contributed by atoms with Gasteiger partial charge in [0.15, 0.2) is 0 Å². The van der Waals surface area contributed by atoms with Crippen LogP contribution in [0.5, 0.6) is 0 Å². The number of anilines is 1. The minimum absolute atomic E-state index is 0.228. The third kappa shape index (κ3) is 4.00. The largest absolute Gasteiger partial charge is 0.344 e. The second-order valence-electron chi connectivity index (χ2n) is 5.69. The molecule has 124 valence electrons. The molecule has 1 fully saturated rings. The summed E-state index contributed by atoms with van der Waals surface area (Å²) in [5.41, 5.74) is 0.587. The van der Waals surface area contributed by atoms with Crippen molar-refractivity contribution in [3.05, 3.63) is 39.6 Å². The van der Waals surface area contributed by atoms with E-state index in [1.807, 2.05) is 0 Å². The third-order valence-electron chi connectivity index (χ3n) is 4.01. The predicted octanol–water partition coefficient (Wildman–Crippen LogP) is 3.61. The van der Waals surface area contributed by atoms with Crippen LogP contribution in [0.1, 0.15) is 23.9 Å². The van der Waals surface area contributed by atoms with Crippen LogP contribution in [0, 0.1) is 5.82 Å². The Kier molecular flexibility index (Phi) is 5.46. The monoisotopic (exact) mass is 354 g/mol. The molecule has 2 aromatic rings. The van der Waals surface area contributed by atoms with E-state index < -0.39 is 0 Å². The van der Waals surface area contributed by atoms with Crippen molar-refractivity contribution in [3.63, 3.8) is 0 Å². The summed E-state index contributed by atoms with van der Waals surface area (Å²) >= 11 is 7.79. The van der Waals surface area contributed by atoms with Gasteiger partial charge >= 0.3 is 0 Å². The first kappa shape index (κ1) is 16.6. The van der Waals surface area contributed by atoms with E-state index in [4.69, 9.17) is 11.6 Å². The Balaban J connectivity index is 1.57. The smallest absolute Gasteiger partial charge is 0.208 e. The fourth-order valence-corrected chi connectivity index (χ4v) is 3.91. The molecule has 2 heterocycles. The Bertz CT molecular complexity index is 635. The Labute approximate surface area is 144 Å². The van der Waals surface area contributed by atoms with Gasteiger partial charge in [-0.15, -0.1) is 10.2 Å². The van der Waals surface area contributed by atoms with Gasteiger partial charge in [-0.1, -0.05) is 35.9 Å². The van der Waals surface area contributed by atoms with Crippen molar-refractivity contribution in [1.29, 1.82) is 0 Å². The first-order valence-corrected chi connectivity index (χ1v) is 9.09. The summed E-state index contributed by atoms with van der Waals surface area (Å²) in [6.45, 7) is 6.20. The molecule has 0 amide bonds. The van der Waals surface area contributed by atoms with E-state index in [1.54, 1.807) is 23.5 Å². The number of piperazine rings is 1. The molecule has 1 aromatic carbocycles. The van der Waals surface area contributed by atoms with Crippen LogP contribution in [0.25, 0.3) is 0 Å². The molecule has 1 saturated heterocycles. The first-order chi connectivity index (χ1) is 11.2. The van der Waals surface area contributed by atoms with Gasteiger partial charge in [0.2, 0.25) is 5.13 Å².